The number of thioether (sulfide) groups is 1. The number of hydrogen-bond acceptors (Lipinski definition) is 3. The zero-order valence-electron chi connectivity index (χ0n) is 11.7. The summed E-state index contributed by atoms with van der Waals surface area (Å²) in [5.74, 6) is 1.24. The highest BCUT2D eigenvalue weighted by Crippen LogP contribution is 2.49. The van der Waals surface area contributed by atoms with Gasteiger partial charge in [0.2, 0.25) is 0 Å². The number of nitrogens with one attached hydrogen (secondary N) is 1. The molecule has 1 saturated carbocycles. The third kappa shape index (κ3) is 3.15. The van der Waals surface area contributed by atoms with Gasteiger partial charge in [0.15, 0.2) is 0 Å². The first-order valence-electron chi connectivity index (χ1n) is 7.27. The van der Waals surface area contributed by atoms with Gasteiger partial charge in [-0.3, -0.25) is 0 Å². The van der Waals surface area contributed by atoms with E-state index in [0.717, 1.165) is 13.2 Å². The third-order valence-corrected chi connectivity index (χ3v) is 5.60. The van der Waals surface area contributed by atoms with Crippen molar-refractivity contribution in [2.75, 3.05) is 26.0 Å². The minimum atomic E-state index is 0.537. The monoisotopic (exact) mass is 277 g/mol. The van der Waals surface area contributed by atoms with Crippen molar-refractivity contribution in [2.45, 2.75) is 36.6 Å². The van der Waals surface area contributed by atoms with Crippen LogP contribution in [0.3, 0.4) is 0 Å². The van der Waals surface area contributed by atoms with Crippen molar-refractivity contribution in [1.29, 1.82) is 0 Å². The lowest BCUT2D eigenvalue weighted by Gasteiger charge is -2.28. The molecule has 1 fully saturated rings. The summed E-state index contributed by atoms with van der Waals surface area (Å²) < 4.78 is 5.23. The quantitative estimate of drug-likeness (QED) is 0.858. The number of rotatable bonds is 6. The molecule has 1 aromatic rings. The Labute approximate surface area is 120 Å². The number of hydrogen-bond donors (Lipinski definition) is 1. The van der Waals surface area contributed by atoms with Crippen LogP contribution in [0.4, 0.5) is 0 Å². The molecule has 0 bridgehead atoms. The Kier molecular flexibility index (Phi) is 4.15. The van der Waals surface area contributed by atoms with E-state index < -0.39 is 0 Å². The fourth-order valence-corrected chi connectivity index (χ4v) is 4.03. The Balaban J connectivity index is 1.59. The van der Waals surface area contributed by atoms with Crippen molar-refractivity contribution in [2.24, 2.45) is 5.41 Å². The summed E-state index contributed by atoms with van der Waals surface area (Å²) in [5.41, 5.74) is 2.04. The van der Waals surface area contributed by atoms with E-state index in [1.54, 1.807) is 7.11 Å². The van der Waals surface area contributed by atoms with Gasteiger partial charge in [0.05, 0.1) is 0 Å². The van der Waals surface area contributed by atoms with E-state index in [-0.39, 0.29) is 0 Å². The molecule has 1 unspecified atom stereocenters. The summed E-state index contributed by atoms with van der Waals surface area (Å²) in [7, 11) is 1.80. The molecule has 2 nitrogen and oxygen atoms in total. The average Bonchev–Trinajstić information content (AvgIpc) is 3.23. The van der Waals surface area contributed by atoms with Crippen molar-refractivity contribution in [1.82, 2.24) is 5.32 Å². The summed E-state index contributed by atoms with van der Waals surface area (Å²) in [4.78, 5) is 1.47. The summed E-state index contributed by atoms with van der Waals surface area (Å²) in [6.45, 7) is 2.05. The maximum atomic E-state index is 5.23. The van der Waals surface area contributed by atoms with Crippen LogP contribution in [-0.4, -0.2) is 26.0 Å². The van der Waals surface area contributed by atoms with Crippen LogP contribution in [0.25, 0.3) is 0 Å². The van der Waals surface area contributed by atoms with Crippen LogP contribution < -0.4 is 5.32 Å². The van der Waals surface area contributed by atoms with Crippen LogP contribution in [0, 0.1) is 5.41 Å². The van der Waals surface area contributed by atoms with Gasteiger partial charge in [-0.15, -0.1) is 11.8 Å². The van der Waals surface area contributed by atoms with E-state index in [2.05, 4.69) is 29.6 Å². The molecule has 0 saturated heterocycles. The van der Waals surface area contributed by atoms with E-state index in [0.29, 0.717) is 11.5 Å². The number of methoxy groups -OCH3 is 1. The topological polar surface area (TPSA) is 21.3 Å². The molecule has 2 aliphatic rings. The van der Waals surface area contributed by atoms with E-state index >= 15 is 0 Å². The van der Waals surface area contributed by atoms with E-state index in [1.165, 1.54) is 41.9 Å². The molecule has 19 heavy (non-hydrogen) atoms. The van der Waals surface area contributed by atoms with Crippen LogP contribution in [0.5, 0.6) is 0 Å². The molecule has 0 amide bonds. The normalized spacial score (nSPS) is 23.9. The summed E-state index contributed by atoms with van der Waals surface area (Å²) in [5, 5.41) is 3.82. The lowest BCUT2D eigenvalue weighted by atomic mass is 9.99. The molecule has 1 N–H and O–H groups in total. The molecule has 1 heterocycles. The second-order valence-electron chi connectivity index (χ2n) is 5.85. The highest BCUT2D eigenvalue weighted by molar-refractivity contribution is 7.99. The number of benzene rings is 1. The largest absolute Gasteiger partial charge is 0.385 e. The highest BCUT2D eigenvalue weighted by atomic mass is 32.2. The summed E-state index contributed by atoms with van der Waals surface area (Å²) >= 11 is 2.00. The van der Waals surface area contributed by atoms with Crippen molar-refractivity contribution in [3.63, 3.8) is 0 Å². The van der Waals surface area contributed by atoms with Crippen LogP contribution in [0.1, 0.15) is 37.3 Å². The zero-order valence-corrected chi connectivity index (χ0v) is 12.5. The predicted molar refractivity (Wildman–Crippen MR) is 80.7 cm³/mol. The van der Waals surface area contributed by atoms with Crippen LogP contribution in [-0.2, 0) is 4.74 Å². The number of ether oxygens (including phenoxy) is 1. The Morgan fingerprint density at radius 2 is 2.21 bits per heavy atom. The minimum absolute atomic E-state index is 0.537. The highest BCUT2D eigenvalue weighted by Gasteiger charge is 2.42. The molecule has 3 heteroatoms. The van der Waals surface area contributed by atoms with E-state index in [4.69, 9.17) is 4.74 Å². The van der Waals surface area contributed by atoms with E-state index in [1.807, 2.05) is 11.8 Å². The summed E-state index contributed by atoms with van der Waals surface area (Å²) in [6, 6.07) is 9.41. The van der Waals surface area contributed by atoms with Gasteiger partial charge in [-0.1, -0.05) is 18.2 Å². The molecule has 0 radical (unpaired) electrons. The fourth-order valence-electron chi connectivity index (χ4n) is 2.90. The Morgan fingerprint density at radius 1 is 1.37 bits per heavy atom. The number of fused-ring (bicyclic) bond motifs is 1. The Morgan fingerprint density at radius 3 is 3.00 bits per heavy atom. The molecular formula is C16H23NOS. The molecular weight excluding hydrogens is 254 g/mol. The second-order valence-corrected chi connectivity index (χ2v) is 6.99. The molecule has 1 atom stereocenters. The van der Waals surface area contributed by atoms with Gasteiger partial charge in [0, 0.05) is 31.2 Å². The van der Waals surface area contributed by atoms with Crippen LogP contribution in [0.15, 0.2) is 29.2 Å². The van der Waals surface area contributed by atoms with Gasteiger partial charge < -0.3 is 10.1 Å². The molecule has 0 spiro atoms. The smallest absolute Gasteiger partial charge is 0.0468 e. The maximum Gasteiger partial charge on any atom is 0.0468 e. The lowest BCUT2D eigenvalue weighted by molar-refractivity contribution is 0.170. The van der Waals surface area contributed by atoms with E-state index in [9.17, 15) is 0 Å². The van der Waals surface area contributed by atoms with Gasteiger partial charge >= 0.3 is 0 Å². The fraction of sp³-hybridized carbons (Fsp3) is 0.625. The SMILES string of the molecule is COCCC1(CNC2CCSc3ccccc32)CC1. The molecule has 1 aliphatic heterocycles. The van der Waals surface area contributed by atoms with Gasteiger partial charge in [-0.25, -0.2) is 0 Å². The Hall–Kier alpha value is -0.510. The van der Waals surface area contributed by atoms with Crippen molar-refractivity contribution < 1.29 is 4.74 Å². The summed E-state index contributed by atoms with van der Waals surface area (Å²) in [6.07, 6.45) is 5.20. The van der Waals surface area contributed by atoms with Crippen LogP contribution in [0.2, 0.25) is 0 Å². The van der Waals surface area contributed by atoms with Crippen molar-refractivity contribution in [3.05, 3.63) is 29.8 Å². The Bertz CT molecular complexity index is 431. The van der Waals surface area contributed by atoms with Gasteiger partial charge in [-0.2, -0.15) is 0 Å². The zero-order chi connectivity index (χ0) is 13.1. The first kappa shape index (κ1) is 13.5. The van der Waals surface area contributed by atoms with Crippen molar-refractivity contribution in [3.8, 4) is 0 Å². The molecule has 0 aromatic heterocycles. The standard InChI is InChI=1S/C16H23NOS/c1-18-10-9-16(7-8-16)12-17-14-6-11-19-15-5-3-2-4-13(14)15/h2-5,14,17H,6-12H2,1H3. The van der Waals surface area contributed by atoms with Gasteiger partial charge in [-0.05, 0) is 48.5 Å². The van der Waals surface area contributed by atoms with Crippen molar-refractivity contribution >= 4 is 11.8 Å². The van der Waals surface area contributed by atoms with Gasteiger partial charge in [0.25, 0.3) is 0 Å². The average molecular weight is 277 g/mol. The predicted octanol–water partition coefficient (Wildman–Crippen LogP) is 3.63. The minimum Gasteiger partial charge on any atom is -0.385 e. The molecule has 1 aromatic carbocycles. The third-order valence-electron chi connectivity index (χ3n) is 4.48. The first-order valence-corrected chi connectivity index (χ1v) is 8.26. The molecule has 1 aliphatic carbocycles. The maximum absolute atomic E-state index is 5.23. The lowest BCUT2D eigenvalue weighted by Crippen LogP contribution is -2.30. The first-order chi connectivity index (χ1) is 9.33. The second kappa shape index (κ2) is 5.86. The van der Waals surface area contributed by atoms with Crippen LogP contribution >= 0.6 is 11.8 Å². The molecule has 3 rings (SSSR count). The van der Waals surface area contributed by atoms with Gasteiger partial charge in [0.1, 0.15) is 0 Å². The molecule has 104 valence electrons.